The molecule has 0 radical (unpaired) electrons. The molecule has 0 heterocycles. The van der Waals surface area contributed by atoms with Gasteiger partial charge < -0.3 is 10.6 Å². The number of benzene rings is 1. The Morgan fingerprint density at radius 3 is 2.16 bits per heavy atom. The number of hydrogen-bond acceptors (Lipinski definition) is 1. The Morgan fingerprint density at radius 1 is 0.960 bits per heavy atom. The van der Waals surface area contributed by atoms with Gasteiger partial charge in [0.2, 0.25) is 0 Å². The van der Waals surface area contributed by atoms with E-state index in [1.54, 1.807) is 6.07 Å². The molecule has 0 amide bonds. The van der Waals surface area contributed by atoms with Gasteiger partial charge in [0.25, 0.3) is 0 Å². The number of hydrogen-bond donors (Lipinski definition) is 2. The second-order valence-electron chi connectivity index (χ2n) is 6.29. The van der Waals surface area contributed by atoms with Crippen LogP contribution in [0, 0.1) is 0 Å². The zero-order chi connectivity index (χ0) is 18.5. The van der Waals surface area contributed by atoms with Crippen molar-refractivity contribution < 1.29 is 13.2 Å². The fourth-order valence-electron chi connectivity index (χ4n) is 2.59. The van der Waals surface area contributed by atoms with Crippen molar-refractivity contribution in [1.82, 2.24) is 5.32 Å². The first-order valence-electron chi connectivity index (χ1n) is 9.15. The van der Waals surface area contributed by atoms with Crippen LogP contribution in [0.25, 0.3) is 0 Å². The van der Waals surface area contributed by atoms with E-state index in [0.29, 0.717) is 10.8 Å². The quantitative estimate of drug-likeness (QED) is 0.340. The van der Waals surface area contributed by atoms with Crippen molar-refractivity contribution in [3.63, 3.8) is 0 Å². The first kappa shape index (κ1) is 21.7. The molecule has 0 saturated heterocycles. The maximum atomic E-state index is 12.7. The molecule has 1 aromatic carbocycles. The minimum Gasteiger partial charge on any atom is -0.362 e. The van der Waals surface area contributed by atoms with Gasteiger partial charge in [0.1, 0.15) is 0 Å². The van der Waals surface area contributed by atoms with Gasteiger partial charge in [0.05, 0.1) is 5.56 Å². The van der Waals surface area contributed by atoms with Crippen LogP contribution in [0.15, 0.2) is 24.3 Å². The zero-order valence-corrected chi connectivity index (χ0v) is 15.7. The summed E-state index contributed by atoms with van der Waals surface area (Å²) in [7, 11) is 0. The summed E-state index contributed by atoms with van der Waals surface area (Å²) >= 11 is 5.13. The van der Waals surface area contributed by atoms with Gasteiger partial charge in [-0.3, -0.25) is 0 Å². The van der Waals surface area contributed by atoms with Crippen molar-refractivity contribution in [3.05, 3.63) is 29.8 Å². The summed E-state index contributed by atoms with van der Waals surface area (Å²) in [5, 5.41) is 6.21. The molecule has 0 unspecified atom stereocenters. The van der Waals surface area contributed by atoms with Gasteiger partial charge in [0.15, 0.2) is 5.11 Å². The van der Waals surface area contributed by atoms with E-state index < -0.39 is 11.7 Å². The Morgan fingerprint density at radius 2 is 1.56 bits per heavy atom. The summed E-state index contributed by atoms with van der Waals surface area (Å²) in [5.41, 5.74) is -0.335. The first-order chi connectivity index (χ1) is 11.9. The maximum Gasteiger partial charge on any atom is 0.416 e. The zero-order valence-electron chi connectivity index (χ0n) is 14.9. The molecule has 142 valence electrons. The largest absolute Gasteiger partial charge is 0.416 e. The number of alkyl halides is 3. The summed E-state index contributed by atoms with van der Waals surface area (Å²) in [5.74, 6) is 0. The lowest BCUT2D eigenvalue weighted by Gasteiger charge is -2.12. The van der Waals surface area contributed by atoms with Crippen molar-refractivity contribution in [2.24, 2.45) is 0 Å². The highest BCUT2D eigenvalue weighted by Gasteiger charge is 2.30. The van der Waals surface area contributed by atoms with Crippen LogP contribution in [-0.2, 0) is 6.18 Å². The molecule has 0 aliphatic rings. The van der Waals surface area contributed by atoms with E-state index in [1.807, 2.05) is 0 Å². The number of anilines is 1. The number of nitrogens with one attached hydrogen (secondary N) is 2. The second kappa shape index (κ2) is 12.1. The third-order valence-electron chi connectivity index (χ3n) is 4.01. The van der Waals surface area contributed by atoms with Gasteiger partial charge in [-0.1, -0.05) is 64.4 Å². The number of halogens is 3. The van der Waals surface area contributed by atoms with Crippen molar-refractivity contribution in [3.8, 4) is 0 Å². The monoisotopic (exact) mass is 374 g/mol. The van der Waals surface area contributed by atoms with E-state index in [9.17, 15) is 13.2 Å². The first-order valence-corrected chi connectivity index (χ1v) is 9.56. The Balaban J connectivity index is 2.11. The van der Waals surface area contributed by atoms with Gasteiger partial charge in [-0.25, -0.2) is 0 Å². The second-order valence-corrected chi connectivity index (χ2v) is 6.70. The third-order valence-corrected chi connectivity index (χ3v) is 4.26. The normalized spacial score (nSPS) is 11.4. The van der Waals surface area contributed by atoms with Gasteiger partial charge in [0, 0.05) is 12.2 Å². The van der Waals surface area contributed by atoms with Crippen LogP contribution in [0.1, 0.15) is 70.3 Å². The molecule has 2 nitrogen and oxygen atoms in total. The molecule has 0 aromatic heterocycles. The lowest BCUT2D eigenvalue weighted by Crippen LogP contribution is -2.29. The Bertz CT molecular complexity index is 504. The van der Waals surface area contributed by atoms with E-state index in [1.165, 1.54) is 51.0 Å². The van der Waals surface area contributed by atoms with Crippen molar-refractivity contribution in [2.75, 3.05) is 11.9 Å². The highest BCUT2D eigenvalue weighted by Crippen LogP contribution is 2.30. The molecule has 0 spiro atoms. The van der Waals surface area contributed by atoms with Crippen LogP contribution in [0.2, 0.25) is 0 Å². The fraction of sp³-hybridized carbons (Fsp3) is 0.632. The molecule has 0 fully saturated rings. The summed E-state index contributed by atoms with van der Waals surface area (Å²) in [4.78, 5) is 0. The van der Waals surface area contributed by atoms with E-state index in [4.69, 9.17) is 12.2 Å². The molecule has 6 heteroatoms. The van der Waals surface area contributed by atoms with E-state index in [2.05, 4.69) is 17.6 Å². The molecule has 25 heavy (non-hydrogen) atoms. The predicted octanol–water partition coefficient (Wildman–Crippen LogP) is 6.52. The van der Waals surface area contributed by atoms with Crippen LogP contribution < -0.4 is 10.6 Å². The van der Waals surface area contributed by atoms with Crippen molar-refractivity contribution in [1.29, 1.82) is 0 Å². The summed E-state index contributed by atoms with van der Waals surface area (Å²) in [6, 6.07) is 5.05. The topological polar surface area (TPSA) is 24.1 Å². The average Bonchev–Trinajstić information content (AvgIpc) is 2.56. The lowest BCUT2D eigenvalue weighted by molar-refractivity contribution is -0.137. The predicted molar refractivity (Wildman–Crippen MR) is 103 cm³/mol. The van der Waals surface area contributed by atoms with Crippen LogP contribution >= 0.6 is 12.2 Å². The minimum absolute atomic E-state index is 0.347. The standard InChI is InChI=1S/C19H29F3N2S/c1-2-3-4-5-6-7-8-9-10-14-23-18(25)24-17-13-11-12-16(15-17)19(20,21)22/h11-13,15H,2-10,14H2,1H3,(H2,23,24,25). The van der Waals surface area contributed by atoms with Gasteiger partial charge >= 0.3 is 6.18 Å². The van der Waals surface area contributed by atoms with Crippen LogP contribution in [-0.4, -0.2) is 11.7 Å². The van der Waals surface area contributed by atoms with Crippen LogP contribution in [0.3, 0.4) is 0 Å². The summed E-state index contributed by atoms with van der Waals surface area (Å²) in [6.45, 7) is 2.96. The Labute approximate surface area is 154 Å². The van der Waals surface area contributed by atoms with Gasteiger partial charge in [-0.05, 0) is 36.8 Å². The molecule has 1 aromatic rings. The maximum absolute atomic E-state index is 12.7. The Hall–Kier alpha value is -1.30. The minimum atomic E-state index is -4.34. The highest BCUT2D eigenvalue weighted by molar-refractivity contribution is 7.80. The summed E-state index contributed by atoms with van der Waals surface area (Å²) < 4.78 is 38.0. The smallest absolute Gasteiger partial charge is 0.362 e. The molecule has 2 N–H and O–H groups in total. The molecule has 0 aliphatic heterocycles. The molecule has 0 saturated carbocycles. The summed E-state index contributed by atoms with van der Waals surface area (Å²) in [6.07, 6.45) is 6.90. The fourth-order valence-corrected chi connectivity index (χ4v) is 2.81. The molecule has 0 bridgehead atoms. The number of rotatable bonds is 11. The SMILES string of the molecule is CCCCCCCCCCCNC(=S)Nc1cccc(C(F)(F)F)c1. The molecule has 0 aliphatic carbocycles. The van der Waals surface area contributed by atoms with Gasteiger partial charge in [-0.2, -0.15) is 13.2 Å². The Kier molecular flexibility index (Phi) is 10.5. The van der Waals surface area contributed by atoms with Crippen molar-refractivity contribution in [2.45, 2.75) is 70.9 Å². The van der Waals surface area contributed by atoms with E-state index in [0.717, 1.165) is 31.5 Å². The average molecular weight is 375 g/mol. The molecular weight excluding hydrogens is 345 g/mol. The third kappa shape index (κ3) is 10.3. The number of unbranched alkanes of at least 4 members (excludes halogenated alkanes) is 8. The highest BCUT2D eigenvalue weighted by atomic mass is 32.1. The lowest BCUT2D eigenvalue weighted by atomic mass is 10.1. The van der Waals surface area contributed by atoms with E-state index >= 15 is 0 Å². The molecule has 0 atom stereocenters. The molecular formula is C19H29F3N2S. The van der Waals surface area contributed by atoms with E-state index in [-0.39, 0.29) is 0 Å². The van der Waals surface area contributed by atoms with Crippen molar-refractivity contribution >= 4 is 23.0 Å². The van der Waals surface area contributed by atoms with Crippen LogP contribution in [0.5, 0.6) is 0 Å². The number of thiocarbonyl (C=S) groups is 1. The van der Waals surface area contributed by atoms with Gasteiger partial charge in [-0.15, -0.1) is 0 Å². The van der Waals surface area contributed by atoms with Crippen LogP contribution in [0.4, 0.5) is 18.9 Å². The molecule has 1 rings (SSSR count).